The fourth-order valence-electron chi connectivity index (χ4n) is 3.71. The van der Waals surface area contributed by atoms with E-state index in [-0.39, 0.29) is 22.8 Å². The second kappa shape index (κ2) is 9.70. The van der Waals surface area contributed by atoms with Crippen molar-refractivity contribution >= 4 is 49.9 Å². The second-order valence-electron chi connectivity index (χ2n) is 7.57. The van der Waals surface area contributed by atoms with Crippen LogP contribution in [0.4, 0.5) is 5.69 Å². The molecule has 34 heavy (non-hydrogen) atoms. The van der Waals surface area contributed by atoms with Gasteiger partial charge in [-0.15, -0.1) is 0 Å². The first-order valence-electron chi connectivity index (χ1n) is 10.3. The molecule has 0 aliphatic carbocycles. The highest BCUT2D eigenvalue weighted by Crippen LogP contribution is 2.29. The Morgan fingerprint density at radius 1 is 0.971 bits per heavy atom. The summed E-state index contributed by atoms with van der Waals surface area (Å²) in [6, 6.07) is 20.2. The van der Waals surface area contributed by atoms with Crippen molar-refractivity contribution in [3.8, 4) is 0 Å². The largest absolute Gasteiger partial charge is 0.465 e. The van der Waals surface area contributed by atoms with Crippen LogP contribution in [0.5, 0.6) is 0 Å². The van der Waals surface area contributed by atoms with E-state index >= 15 is 0 Å². The lowest BCUT2D eigenvalue weighted by Crippen LogP contribution is -2.20. The first-order chi connectivity index (χ1) is 16.3. The summed E-state index contributed by atoms with van der Waals surface area (Å²) in [6.07, 6.45) is 1.46. The molecule has 0 saturated carbocycles. The Morgan fingerprint density at radius 2 is 1.65 bits per heavy atom. The number of carbonyl (C=O) groups excluding carboxylic acids is 2. The molecule has 3 aromatic carbocycles. The predicted octanol–water partition coefficient (Wildman–Crippen LogP) is 4.69. The number of hydrogen-bond donors (Lipinski definition) is 1. The summed E-state index contributed by atoms with van der Waals surface area (Å²) in [4.78, 5) is 24.9. The molecule has 1 aromatic heterocycles. The molecular weight excluding hydrogens is 476 g/mol. The molecule has 0 unspecified atom stereocenters. The van der Waals surface area contributed by atoms with Crippen molar-refractivity contribution in [2.45, 2.75) is 17.2 Å². The Hall–Kier alpha value is -3.62. The summed E-state index contributed by atoms with van der Waals surface area (Å²) in [5, 5.41) is 3.59. The number of aromatic nitrogens is 1. The number of anilines is 1. The van der Waals surface area contributed by atoms with E-state index in [1.807, 2.05) is 0 Å². The number of amides is 1. The Bertz CT molecular complexity index is 1490. The summed E-state index contributed by atoms with van der Waals surface area (Å²) in [5.41, 5.74) is 1.62. The number of rotatable bonds is 7. The fourth-order valence-corrected chi connectivity index (χ4v) is 5.61. The zero-order valence-electron chi connectivity index (χ0n) is 18.2. The lowest BCUT2D eigenvalue weighted by molar-refractivity contribution is -0.116. The third kappa shape index (κ3) is 4.83. The maximum atomic E-state index is 13.3. The molecule has 174 valence electrons. The zero-order valence-corrected chi connectivity index (χ0v) is 19.8. The van der Waals surface area contributed by atoms with Gasteiger partial charge in [-0.2, -0.15) is 0 Å². The number of sulfone groups is 1. The van der Waals surface area contributed by atoms with Gasteiger partial charge >= 0.3 is 5.97 Å². The number of fused-ring (bicyclic) bond motifs is 1. The number of halogens is 1. The van der Waals surface area contributed by atoms with Crippen LogP contribution in [0.15, 0.2) is 83.9 Å². The summed E-state index contributed by atoms with van der Waals surface area (Å²) in [5.74, 6) is -1.26. The molecule has 0 spiro atoms. The number of benzene rings is 3. The number of para-hydroxylation sites is 2. The highest BCUT2D eigenvalue weighted by Gasteiger charge is 2.23. The van der Waals surface area contributed by atoms with Gasteiger partial charge in [-0.25, -0.2) is 13.2 Å². The molecular formula is C25H21ClN2O5S. The average Bonchev–Trinajstić information content (AvgIpc) is 3.19. The van der Waals surface area contributed by atoms with Crippen molar-refractivity contribution in [2.75, 3.05) is 12.4 Å². The molecule has 7 nitrogen and oxygen atoms in total. The molecule has 1 heterocycles. The maximum absolute atomic E-state index is 13.3. The number of nitrogens with zero attached hydrogens (tertiary/aromatic N) is 1. The molecule has 9 heteroatoms. The molecule has 1 N–H and O–H groups in total. The quantitative estimate of drug-likeness (QED) is 0.374. The molecule has 0 aliphatic heterocycles. The third-order valence-corrected chi connectivity index (χ3v) is 7.37. The van der Waals surface area contributed by atoms with Crippen LogP contribution in [0.25, 0.3) is 10.9 Å². The van der Waals surface area contributed by atoms with Gasteiger partial charge in [0.05, 0.1) is 29.0 Å². The van der Waals surface area contributed by atoms with E-state index in [1.165, 1.54) is 13.3 Å². The van der Waals surface area contributed by atoms with E-state index in [4.69, 9.17) is 16.3 Å². The van der Waals surface area contributed by atoms with Crippen LogP contribution in [0.1, 0.15) is 15.9 Å². The Balaban J connectivity index is 1.65. The van der Waals surface area contributed by atoms with E-state index in [2.05, 4.69) is 5.32 Å². The third-order valence-electron chi connectivity index (χ3n) is 5.31. The highest BCUT2D eigenvalue weighted by atomic mass is 35.5. The Labute approximate surface area is 201 Å². The lowest BCUT2D eigenvalue weighted by Gasteiger charge is -2.10. The standard InChI is InChI=1S/C25H21ClN2O5S/c1-33-25(30)18-9-3-6-12-21(18)27-24(29)15-28-14-23(19-10-4-7-13-22(19)28)34(31,32)16-17-8-2-5-11-20(17)26/h2-14H,15-16H2,1H3,(H,27,29). The van der Waals surface area contributed by atoms with E-state index in [0.29, 0.717) is 27.2 Å². The van der Waals surface area contributed by atoms with Crippen LogP contribution in [0.3, 0.4) is 0 Å². The van der Waals surface area contributed by atoms with Crippen molar-refractivity contribution in [2.24, 2.45) is 0 Å². The Kier molecular flexibility index (Phi) is 6.72. The SMILES string of the molecule is COC(=O)c1ccccc1NC(=O)Cn1cc(S(=O)(=O)Cc2ccccc2Cl)c2ccccc21. The van der Waals surface area contributed by atoms with Gasteiger partial charge in [0, 0.05) is 22.1 Å². The monoisotopic (exact) mass is 496 g/mol. The van der Waals surface area contributed by atoms with Crippen molar-refractivity contribution in [1.29, 1.82) is 0 Å². The van der Waals surface area contributed by atoms with Gasteiger partial charge in [-0.3, -0.25) is 4.79 Å². The second-order valence-corrected chi connectivity index (χ2v) is 9.94. The van der Waals surface area contributed by atoms with Gasteiger partial charge < -0.3 is 14.6 Å². The number of ether oxygens (including phenoxy) is 1. The number of methoxy groups -OCH3 is 1. The molecule has 1 amide bonds. The first-order valence-corrected chi connectivity index (χ1v) is 12.3. The van der Waals surface area contributed by atoms with Crippen LogP contribution in [0.2, 0.25) is 5.02 Å². The molecule has 0 atom stereocenters. The van der Waals surface area contributed by atoms with Crippen LogP contribution in [0, 0.1) is 0 Å². The maximum Gasteiger partial charge on any atom is 0.339 e. The molecule has 0 bridgehead atoms. The van der Waals surface area contributed by atoms with Crippen LogP contribution < -0.4 is 5.32 Å². The minimum absolute atomic E-state index is 0.116. The van der Waals surface area contributed by atoms with Gasteiger partial charge in [-0.1, -0.05) is 60.1 Å². The lowest BCUT2D eigenvalue weighted by atomic mass is 10.2. The normalized spacial score (nSPS) is 11.4. The summed E-state index contributed by atoms with van der Waals surface area (Å²) in [7, 11) is -2.49. The van der Waals surface area contributed by atoms with E-state index < -0.39 is 21.7 Å². The van der Waals surface area contributed by atoms with Gasteiger partial charge in [0.2, 0.25) is 5.91 Å². The van der Waals surface area contributed by atoms with Gasteiger partial charge in [0.25, 0.3) is 0 Å². The van der Waals surface area contributed by atoms with Crippen molar-refractivity contribution < 1.29 is 22.7 Å². The van der Waals surface area contributed by atoms with Crippen LogP contribution >= 0.6 is 11.6 Å². The number of nitrogens with one attached hydrogen (secondary N) is 1. The molecule has 0 radical (unpaired) electrons. The average molecular weight is 497 g/mol. The smallest absolute Gasteiger partial charge is 0.339 e. The molecule has 0 saturated heterocycles. The van der Waals surface area contributed by atoms with Gasteiger partial charge in [-0.05, 0) is 29.8 Å². The highest BCUT2D eigenvalue weighted by molar-refractivity contribution is 7.90. The van der Waals surface area contributed by atoms with E-state index in [1.54, 1.807) is 77.4 Å². The van der Waals surface area contributed by atoms with Gasteiger partial charge in [0.15, 0.2) is 9.84 Å². The van der Waals surface area contributed by atoms with Crippen molar-refractivity contribution in [1.82, 2.24) is 4.57 Å². The van der Waals surface area contributed by atoms with Crippen molar-refractivity contribution in [3.63, 3.8) is 0 Å². The first kappa shape index (κ1) is 23.5. The number of hydrogen-bond acceptors (Lipinski definition) is 5. The minimum Gasteiger partial charge on any atom is -0.465 e. The molecule has 4 rings (SSSR count). The summed E-state index contributed by atoms with van der Waals surface area (Å²) in [6.45, 7) is -0.155. The number of esters is 1. The Morgan fingerprint density at radius 3 is 2.41 bits per heavy atom. The predicted molar refractivity (Wildman–Crippen MR) is 131 cm³/mol. The summed E-state index contributed by atoms with van der Waals surface area (Å²) < 4.78 is 32.9. The minimum atomic E-state index is -3.76. The van der Waals surface area contributed by atoms with Crippen molar-refractivity contribution in [3.05, 3.63) is 95.1 Å². The number of carbonyl (C=O) groups is 2. The van der Waals surface area contributed by atoms with E-state index in [0.717, 1.165) is 0 Å². The summed E-state index contributed by atoms with van der Waals surface area (Å²) >= 11 is 6.18. The molecule has 0 aliphatic rings. The van der Waals surface area contributed by atoms with Crippen LogP contribution in [-0.4, -0.2) is 32.0 Å². The van der Waals surface area contributed by atoms with Gasteiger partial charge in [0.1, 0.15) is 6.54 Å². The molecule has 0 fully saturated rings. The van der Waals surface area contributed by atoms with E-state index in [9.17, 15) is 18.0 Å². The fraction of sp³-hybridized carbons (Fsp3) is 0.120. The van der Waals surface area contributed by atoms with Crippen LogP contribution in [-0.2, 0) is 31.7 Å². The topological polar surface area (TPSA) is 94.5 Å². The molecule has 4 aromatic rings. The zero-order chi connectivity index (χ0) is 24.3.